The number of aromatic nitrogens is 4. The normalized spacial score (nSPS) is 25.9. The van der Waals surface area contributed by atoms with E-state index in [0.717, 1.165) is 0 Å². The van der Waals surface area contributed by atoms with Crippen molar-refractivity contribution in [1.82, 2.24) is 19.5 Å². The first-order chi connectivity index (χ1) is 10.3. The van der Waals surface area contributed by atoms with E-state index in [0.29, 0.717) is 0 Å². The Morgan fingerprint density at radius 2 is 2.27 bits per heavy atom. The van der Waals surface area contributed by atoms with E-state index in [2.05, 4.69) is 19.5 Å². The zero-order valence-corrected chi connectivity index (χ0v) is 12.0. The summed E-state index contributed by atoms with van der Waals surface area (Å²) in [5, 5.41) is 10.1. The van der Waals surface area contributed by atoms with Gasteiger partial charge in [-0.2, -0.15) is 0 Å². The molecule has 3 atom stereocenters. The van der Waals surface area contributed by atoms with Crippen LogP contribution in [0.15, 0.2) is 17.4 Å². The Hall–Kier alpha value is -1.62. The average molecular weight is 332 g/mol. The molecular formula is C10H13N4O7P. The molecule has 4 N–H and O–H groups in total. The predicted molar refractivity (Wildman–Crippen MR) is 70.7 cm³/mol. The summed E-state index contributed by atoms with van der Waals surface area (Å²) < 4.78 is 22.0. The summed E-state index contributed by atoms with van der Waals surface area (Å²) in [5.41, 5.74) is -0.0739. The van der Waals surface area contributed by atoms with Gasteiger partial charge in [0.2, 0.25) is 0 Å². The molecule has 120 valence electrons. The maximum Gasteiger partial charge on any atom is 0.469 e. The largest absolute Gasteiger partial charge is 0.469 e. The Morgan fingerprint density at radius 1 is 1.50 bits per heavy atom. The lowest BCUT2D eigenvalue weighted by atomic mass is 10.2. The first kappa shape index (κ1) is 15.3. The number of nitrogens with zero attached hydrogens (tertiary/aromatic N) is 3. The summed E-state index contributed by atoms with van der Waals surface area (Å²) >= 11 is 0. The SMILES string of the molecule is O=c1[nH]cnc2c1ncn2[C@@H]1O[C@H](COP(=O)(O)O)C[C@H]1O. The molecule has 22 heavy (non-hydrogen) atoms. The molecule has 0 radical (unpaired) electrons. The Bertz CT molecular complexity index is 783. The predicted octanol–water partition coefficient (Wildman–Crippen LogP) is -1.12. The second-order valence-corrected chi connectivity index (χ2v) is 6.03. The van der Waals surface area contributed by atoms with Crippen LogP contribution in [-0.2, 0) is 13.8 Å². The molecule has 1 aliphatic heterocycles. The van der Waals surface area contributed by atoms with Crippen molar-refractivity contribution in [3.05, 3.63) is 23.0 Å². The third-order valence-electron chi connectivity index (χ3n) is 3.23. The number of hydrogen-bond acceptors (Lipinski definition) is 7. The summed E-state index contributed by atoms with van der Waals surface area (Å²) in [5.74, 6) is 0. The van der Waals surface area contributed by atoms with Crippen molar-refractivity contribution in [3.8, 4) is 0 Å². The Balaban J connectivity index is 1.81. The Kier molecular flexibility index (Phi) is 3.85. The van der Waals surface area contributed by atoms with Crippen molar-refractivity contribution in [2.75, 3.05) is 6.61 Å². The van der Waals surface area contributed by atoms with Crippen LogP contribution in [0, 0.1) is 0 Å². The second-order valence-electron chi connectivity index (χ2n) is 4.79. The van der Waals surface area contributed by atoms with Gasteiger partial charge in [-0.3, -0.25) is 13.9 Å². The van der Waals surface area contributed by atoms with Crippen LogP contribution >= 0.6 is 7.82 Å². The standard InChI is InChI=1S/C10H13N4O7P/c15-6-1-5(2-20-22(17,18)19)21-10(6)14-4-13-7-8(14)11-3-12-9(7)16/h3-6,10,15H,1-2H2,(H,11,12,16)(H2,17,18,19)/t5-,6+,10+/m0/s1. The van der Waals surface area contributed by atoms with E-state index in [4.69, 9.17) is 14.5 Å². The van der Waals surface area contributed by atoms with Gasteiger partial charge in [-0.05, 0) is 0 Å². The van der Waals surface area contributed by atoms with E-state index in [1.54, 1.807) is 0 Å². The average Bonchev–Trinajstić information content (AvgIpc) is 3.00. The maximum atomic E-state index is 11.6. The number of H-pyrrole nitrogens is 1. The van der Waals surface area contributed by atoms with Gasteiger partial charge in [0, 0.05) is 6.42 Å². The van der Waals surface area contributed by atoms with Crippen molar-refractivity contribution < 1.29 is 28.7 Å². The molecule has 0 bridgehead atoms. The topological polar surface area (TPSA) is 160 Å². The van der Waals surface area contributed by atoms with Crippen LogP contribution in [0.1, 0.15) is 12.6 Å². The molecule has 11 nitrogen and oxygen atoms in total. The lowest BCUT2D eigenvalue weighted by Gasteiger charge is -2.16. The first-order valence-corrected chi connectivity index (χ1v) is 7.82. The van der Waals surface area contributed by atoms with Crippen molar-refractivity contribution in [2.24, 2.45) is 0 Å². The minimum Gasteiger partial charge on any atom is -0.388 e. The highest BCUT2D eigenvalue weighted by Gasteiger charge is 2.37. The molecule has 0 spiro atoms. The van der Waals surface area contributed by atoms with E-state index in [1.807, 2.05) is 0 Å². The highest BCUT2D eigenvalue weighted by Crippen LogP contribution is 2.38. The Morgan fingerprint density at radius 3 is 3.00 bits per heavy atom. The number of hydrogen-bond donors (Lipinski definition) is 4. The molecule has 0 aromatic carbocycles. The number of phosphoric ester groups is 1. The molecule has 3 heterocycles. The summed E-state index contributed by atoms with van der Waals surface area (Å²) in [6.07, 6.45) is 0.111. The lowest BCUT2D eigenvalue weighted by molar-refractivity contribution is -0.0481. The van der Waals surface area contributed by atoms with Gasteiger partial charge in [-0.15, -0.1) is 0 Å². The number of phosphoric acid groups is 1. The number of aromatic amines is 1. The zero-order chi connectivity index (χ0) is 15.9. The van der Waals surface area contributed by atoms with E-state index < -0.39 is 31.8 Å². The van der Waals surface area contributed by atoms with Crippen molar-refractivity contribution in [2.45, 2.75) is 24.9 Å². The van der Waals surface area contributed by atoms with Crippen molar-refractivity contribution in [1.29, 1.82) is 0 Å². The Labute approximate surface area is 122 Å². The quantitative estimate of drug-likeness (QED) is 0.508. The number of rotatable bonds is 4. The van der Waals surface area contributed by atoms with Gasteiger partial charge in [0.1, 0.15) is 6.10 Å². The third-order valence-corrected chi connectivity index (χ3v) is 3.72. The molecule has 3 rings (SSSR count). The van der Waals surface area contributed by atoms with Crippen LogP contribution in [0.4, 0.5) is 0 Å². The zero-order valence-electron chi connectivity index (χ0n) is 11.1. The number of imidazole rings is 1. The van der Waals surface area contributed by atoms with Crippen molar-refractivity contribution >= 4 is 19.0 Å². The molecule has 1 fully saturated rings. The minimum absolute atomic E-state index is 0.105. The second kappa shape index (κ2) is 5.54. The molecule has 2 aromatic heterocycles. The van der Waals surface area contributed by atoms with Gasteiger partial charge in [0.15, 0.2) is 17.4 Å². The number of aliphatic hydroxyl groups is 1. The molecule has 1 aliphatic rings. The summed E-state index contributed by atoms with van der Waals surface area (Å²) in [6, 6.07) is 0. The van der Waals surface area contributed by atoms with Crippen LogP contribution in [0.2, 0.25) is 0 Å². The number of aliphatic hydroxyl groups excluding tert-OH is 1. The smallest absolute Gasteiger partial charge is 0.388 e. The highest BCUT2D eigenvalue weighted by atomic mass is 31.2. The van der Waals surface area contributed by atoms with Gasteiger partial charge in [0.05, 0.1) is 25.4 Å². The summed E-state index contributed by atoms with van der Waals surface area (Å²) in [6.45, 7) is -0.363. The fourth-order valence-corrected chi connectivity index (χ4v) is 2.68. The van der Waals surface area contributed by atoms with Crippen LogP contribution in [0.3, 0.4) is 0 Å². The molecular weight excluding hydrogens is 319 g/mol. The summed E-state index contributed by atoms with van der Waals surface area (Å²) in [4.78, 5) is 39.2. The van der Waals surface area contributed by atoms with E-state index in [1.165, 1.54) is 17.2 Å². The molecule has 12 heteroatoms. The molecule has 1 saturated heterocycles. The molecule has 0 saturated carbocycles. The molecule has 0 unspecified atom stereocenters. The van der Waals surface area contributed by atoms with Crippen LogP contribution in [-0.4, -0.2) is 53.2 Å². The van der Waals surface area contributed by atoms with Crippen LogP contribution in [0.25, 0.3) is 11.2 Å². The monoisotopic (exact) mass is 332 g/mol. The van der Waals surface area contributed by atoms with Gasteiger partial charge >= 0.3 is 7.82 Å². The van der Waals surface area contributed by atoms with E-state index in [-0.39, 0.29) is 24.2 Å². The van der Waals surface area contributed by atoms with Gasteiger partial charge in [-0.1, -0.05) is 0 Å². The van der Waals surface area contributed by atoms with E-state index in [9.17, 15) is 14.5 Å². The highest BCUT2D eigenvalue weighted by molar-refractivity contribution is 7.46. The number of fused-ring (bicyclic) bond motifs is 1. The maximum absolute atomic E-state index is 11.6. The minimum atomic E-state index is -4.60. The molecule has 0 aliphatic carbocycles. The van der Waals surface area contributed by atoms with Crippen LogP contribution in [0.5, 0.6) is 0 Å². The van der Waals surface area contributed by atoms with Crippen molar-refractivity contribution in [3.63, 3.8) is 0 Å². The third kappa shape index (κ3) is 2.95. The van der Waals surface area contributed by atoms with Gasteiger partial charge in [0.25, 0.3) is 5.56 Å². The lowest BCUT2D eigenvalue weighted by Crippen LogP contribution is -2.20. The number of ether oxygens (including phenoxy) is 1. The molecule has 2 aromatic rings. The fraction of sp³-hybridized carbons (Fsp3) is 0.500. The number of nitrogens with one attached hydrogen (secondary N) is 1. The van der Waals surface area contributed by atoms with E-state index >= 15 is 0 Å². The molecule has 0 amide bonds. The first-order valence-electron chi connectivity index (χ1n) is 6.29. The van der Waals surface area contributed by atoms with Crippen LogP contribution < -0.4 is 5.56 Å². The fourth-order valence-electron chi connectivity index (χ4n) is 2.32. The van der Waals surface area contributed by atoms with Gasteiger partial charge in [-0.25, -0.2) is 14.5 Å². The summed E-state index contributed by atoms with van der Waals surface area (Å²) in [7, 11) is -4.60. The van der Waals surface area contributed by atoms with Gasteiger partial charge < -0.3 is 24.6 Å².